The van der Waals surface area contributed by atoms with Crippen molar-refractivity contribution in [2.45, 2.75) is 32.2 Å². The first-order chi connectivity index (χ1) is 12.1. The summed E-state index contributed by atoms with van der Waals surface area (Å²) in [6.07, 6.45) is 6.27. The number of aromatic nitrogens is 1. The lowest BCUT2D eigenvalue weighted by atomic mass is 9.94. The van der Waals surface area contributed by atoms with Gasteiger partial charge in [-0.1, -0.05) is 24.3 Å². The number of allylic oxidation sites excluding steroid dienone is 1. The van der Waals surface area contributed by atoms with Crippen LogP contribution in [0.3, 0.4) is 0 Å². The second-order valence-corrected chi connectivity index (χ2v) is 6.33. The van der Waals surface area contributed by atoms with Gasteiger partial charge in [0.15, 0.2) is 0 Å². The maximum atomic E-state index is 12.3. The van der Waals surface area contributed by atoms with Gasteiger partial charge < -0.3 is 15.0 Å². The van der Waals surface area contributed by atoms with Gasteiger partial charge in [-0.15, -0.1) is 0 Å². The number of rotatable bonds is 5. The minimum Gasteiger partial charge on any atom is -0.481 e. The third kappa shape index (κ3) is 3.65. The summed E-state index contributed by atoms with van der Waals surface area (Å²) in [5.41, 5.74) is 4.91. The Labute approximate surface area is 146 Å². The lowest BCUT2D eigenvalue weighted by Crippen LogP contribution is -2.22. The maximum Gasteiger partial charge on any atom is 0.303 e. The Kier molecular flexibility index (Phi) is 5.03. The Balaban J connectivity index is 2.00. The van der Waals surface area contributed by atoms with E-state index in [9.17, 15) is 9.59 Å². The van der Waals surface area contributed by atoms with Crippen molar-refractivity contribution in [3.63, 3.8) is 0 Å². The highest BCUT2D eigenvalue weighted by molar-refractivity contribution is 5.88. The predicted octanol–water partition coefficient (Wildman–Crippen LogP) is 3.40. The molecule has 25 heavy (non-hydrogen) atoms. The Hall–Kier alpha value is -2.82. The standard InChI is InChI=1S/C20H22N2O3/c1-22-13-17-15(11-12-21-20(17)25)14(7-3-2-4-10-19(23)24)16-8-5-6-9-18(16)22/h5-9,11-12H,2-4,10,13H2,1H3,(H,21,25)(H,23,24). The third-order valence-corrected chi connectivity index (χ3v) is 4.55. The van der Waals surface area contributed by atoms with Gasteiger partial charge in [0.2, 0.25) is 0 Å². The number of anilines is 1. The van der Waals surface area contributed by atoms with Crippen molar-refractivity contribution in [3.8, 4) is 0 Å². The number of nitrogens with zero attached hydrogens (tertiary/aromatic N) is 1. The van der Waals surface area contributed by atoms with E-state index < -0.39 is 5.97 Å². The average Bonchev–Trinajstić information content (AvgIpc) is 2.71. The van der Waals surface area contributed by atoms with Crippen LogP contribution in [0.1, 0.15) is 42.4 Å². The topological polar surface area (TPSA) is 73.4 Å². The van der Waals surface area contributed by atoms with E-state index in [2.05, 4.69) is 28.1 Å². The van der Waals surface area contributed by atoms with Crippen LogP contribution in [0.15, 0.2) is 47.4 Å². The largest absolute Gasteiger partial charge is 0.481 e. The predicted molar refractivity (Wildman–Crippen MR) is 98.8 cm³/mol. The number of nitrogens with one attached hydrogen (secondary N) is 1. The zero-order valence-electron chi connectivity index (χ0n) is 14.3. The van der Waals surface area contributed by atoms with Crippen LogP contribution in [0.5, 0.6) is 0 Å². The molecule has 0 aliphatic carbocycles. The molecule has 2 heterocycles. The minimum absolute atomic E-state index is 0.0612. The molecule has 130 valence electrons. The van der Waals surface area contributed by atoms with Crippen molar-refractivity contribution < 1.29 is 9.90 Å². The number of carboxylic acids is 1. The molecule has 5 heteroatoms. The Bertz CT molecular complexity index is 867. The molecule has 0 spiro atoms. The number of para-hydroxylation sites is 1. The van der Waals surface area contributed by atoms with Gasteiger partial charge in [0.05, 0.1) is 0 Å². The first-order valence-corrected chi connectivity index (χ1v) is 8.51. The molecule has 0 radical (unpaired) electrons. The van der Waals surface area contributed by atoms with Crippen LogP contribution in [-0.2, 0) is 11.3 Å². The van der Waals surface area contributed by atoms with Crippen LogP contribution < -0.4 is 10.5 Å². The number of unbranched alkanes of at least 4 members (excludes halogenated alkanes) is 2. The smallest absolute Gasteiger partial charge is 0.303 e. The van der Waals surface area contributed by atoms with E-state index in [0.29, 0.717) is 13.0 Å². The van der Waals surface area contributed by atoms with Gasteiger partial charge >= 0.3 is 5.97 Å². The Morgan fingerprint density at radius 2 is 2.04 bits per heavy atom. The summed E-state index contributed by atoms with van der Waals surface area (Å²) >= 11 is 0. The molecule has 0 unspecified atom stereocenters. The number of fused-ring (bicyclic) bond motifs is 2. The summed E-state index contributed by atoms with van der Waals surface area (Å²) in [4.78, 5) is 27.8. The number of carbonyl (C=O) groups is 1. The van der Waals surface area contributed by atoms with Gasteiger partial charge in [0.25, 0.3) is 5.56 Å². The second kappa shape index (κ2) is 7.38. The van der Waals surface area contributed by atoms with Gasteiger partial charge in [-0.05, 0) is 42.5 Å². The van der Waals surface area contributed by atoms with Crippen molar-refractivity contribution in [2.75, 3.05) is 11.9 Å². The number of aromatic amines is 1. The molecule has 0 bridgehead atoms. The number of hydrogen-bond donors (Lipinski definition) is 2. The molecular formula is C20H22N2O3. The summed E-state index contributed by atoms with van der Waals surface area (Å²) in [7, 11) is 1.99. The molecule has 2 aromatic rings. The Morgan fingerprint density at radius 1 is 1.24 bits per heavy atom. The van der Waals surface area contributed by atoms with Gasteiger partial charge in [0, 0.05) is 43.0 Å². The van der Waals surface area contributed by atoms with E-state index >= 15 is 0 Å². The van der Waals surface area contributed by atoms with Crippen molar-refractivity contribution in [1.29, 1.82) is 0 Å². The van der Waals surface area contributed by atoms with Crippen molar-refractivity contribution in [3.05, 3.63) is 69.6 Å². The molecule has 2 N–H and O–H groups in total. The summed E-state index contributed by atoms with van der Waals surface area (Å²) < 4.78 is 0. The molecule has 0 saturated heterocycles. The van der Waals surface area contributed by atoms with Crippen molar-refractivity contribution in [1.82, 2.24) is 4.98 Å². The number of carboxylic acid groups (broad SMARTS) is 1. The van der Waals surface area contributed by atoms with E-state index in [-0.39, 0.29) is 12.0 Å². The molecule has 3 rings (SSSR count). The summed E-state index contributed by atoms with van der Waals surface area (Å²) in [6, 6.07) is 10.1. The first-order valence-electron chi connectivity index (χ1n) is 8.51. The highest BCUT2D eigenvalue weighted by Gasteiger charge is 2.22. The van der Waals surface area contributed by atoms with Crippen LogP contribution in [0.25, 0.3) is 5.57 Å². The van der Waals surface area contributed by atoms with Crippen LogP contribution in [0.2, 0.25) is 0 Å². The van der Waals surface area contributed by atoms with E-state index in [0.717, 1.165) is 40.8 Å². The SMILES string of the molecule is CN1Cc2c(cc[nH]c2=O)C(=CCCCCC(=O)O)c2ccccc21. The molecular weight excluding hydrogens is 316 g/mol. The summed E-state index contributed by atoms with van der Waals surface area (Å²) in [5, 5.41) is 8.76. The zero-order chi connectivity index (χ0) is 17.8. The normalized spacial score (nSPS) is 14.8. The number of H-pyrrole nitrogens is 1. The molecule has 5 nitrogen and oxygen atoms in total. The fraction of sp³-hybridized carbons (Fsp3) is 0.300. The van der Waals surface area contributed by atoms with Crippen LogP contribution in [0, 0.1) is 0 Å². The monoisotopic (exact) mass is 338 g/mol. The lowest BCUT2D eigenvalue weighted by molar-refractivity contribution is -0.137. The van der Waals surface area contributed by atoms with Crippen molar-refractivity contribution in [2.24, 2.45) is 0 Å². The highest BCUT2D eigenvalue weighted by Crippen LogP contribution is 2.36. The zero-order valence-corrected chi connectivity index (χ0v) is 14.3. The molecule has 0 amide bonds. The molecule has 1 aromatic carbocycles. The fourth-order valence-corrected chi connectivity index (χ4v) is 3.31. The number of aliphatic carboxylic acids is 1. The van der Waals surface area contributed by atoms with Gasteiger partial charge in [-0.2, -0.15) is 0 Å². The van der Waals surface area contributed by atoms with Crippen LogP contribution >= 0.6 is 0 Å². The first kappa shape index (κ1) is 17.0. The molecule has 1 aliphatic rings. The van der Waals surface area contributed by atoms with Gasteiger partial charge in [-0.25, -0.2) is 0 Å². The summed E-state index contributed by atoms with van der Waals surface area (Å²) in [5.74, 6) is -0.758. The lowest BCUT2D eigenvalue weighted by Gasteiger charge is -2.19. The number of pyridine rings is 1. The Morgan fingerprint density at radius 3 is 2.84 bits per heavy atom. The molecule has 1 aliphatic heterocycles. The summed E-state index contributed by atoms with van der Waals surface area (Å²) in [6.45, 7) is 0.554. The number of hydrogen-bond acceptors (Lipinski definition) is 3. The van der Waals surface area contributed by atoms with Crippen molar-refractivity contribution >= 4 is 17.2 Å². The molecule has 0 atom stereocenters. The van der Waals surface area contributed by atoms with E-state index in [1.54, 1.807) is 6.20 Å². The van der Waals surface area contributed by atoms with E-state index in [4.69, 9.17) is 5.11 Å². The van der Waals surface area contributed by atoms with Gasteiger partial charge in [0.1, 0.15) is 0 Å². The van der Waals surface area contributed by atoms with E-state index in [1.807, 2.05) is 25.2 Å². The quantitative estimate of drug-likeness (QED) is 0.820. The molecule has 0 fully saturated rings. The molecule has 0 saturated carbocycles. The number of benzene rings is 1. The highest BCUT2D eigenvalue weighted by atomic mass is 16.4. The van der Waals surface area contributed by atoms with Crippen LogP contribution in [0.4, 0.5) is 5.69 Å². The maximum absolute atomic E-state index is 12.3. The fourth-order valence-electron chi connectivity index (χ4n) is 3.31. The van der Waals surface area contributed by atoms with Gasteiger partial charge in [-0.3, -0.25) is 9.59 Å². The molecule has 1 aromatic heterocycles. The minimum atomic E-state index is -0.758. The second-order valence-electron chi connectivity index (χ2n) is 6.33. The third-order valence-electron chi connectivity index (χ3n) is 4.55. The van der Waals surface area contributed by atoms with Crippen LogP contribution in [-0.4, -0.2) is 23.1 Å². The van der Waals surface area contributed by atoms with E-state index in [1.165, 1.54) is 0 Å². The average molecular weight is 338 g/mol.